The first-order valence-electron chi connectivity index (χ1n) is 9.22. The summed E-state index contributed by atoms with van der Waals surface area (Å²) >= 11 is 0. The number of halogens is 1. The Kier molecular flexibility index (Phi) is 5.90. The van der Waals surface area contributed by atoms with E-state index in [4.69, 9.17) is 0 Å². The third-order valence-corrected chi connectivity index (χ3v) is 4.52. The van der Waals surface area contributed by atoms with E-state index < -0.39 is 0 Å². The van der Waals surface area contributed by atoms with Gasteiger partial charge in [0.25, 0.3) is 5.91 Å². The van der Waals surface area contributed by atoms with Crippen LogP contribution in [0.25, 0.3) is 16.9 Å². The van der Waals surface area contributed by atoms with Crippen molar-refractivity contribution in [1.82, 2.24) is 20.0 Å². The van der Waals surface area contributed by atoms with Crippen molar-refractivity contribution < 1.29 is 9.18 Å². The fourth-order valence-corrected chi connectivity index (χ4v) is 3.05. The van der Waals surface area contributed by atoms with Gasteiger partial charge in [-0.25, -0.2) is 9.07 Å². The van der Waals surface area contributed by atoms with Gasteiger partial charge in [0, 0.05) is 18.7 Å². The zero-order chi connectivity index (χ0) is 20.3. The molecule has 6 heteroatoms. The summed E-state index contributed by atoms with van der Waals surface area (Å²) in [4.78, 5) is 14.8. The quantitative estimate of drug-likeness (QED) is 0.711. The van der Waals surface area contributed by atoms with Crippen LogP contribution in [0.3, 0.4) is 0 Å². The summed E-state index contributed by atoms with van der Waals surface area (Å²) in [5, 5.41) is 7.49. The zero-order valence-corrected chi connectivity index (χ0v) is 16.7. The maximum absolute atomic E-state index is 14.3. The highest BCUT2D eigenvalue weighted by Gasteiger charge is 2.20. The van der Waals surface area contributed by atoms with Crippen LogP contribution in [0.5, 0.6) is 0 Å². The number of hydrogen-bond acceptors (Lipinski definition) is 3. The summed E-state index contributed by atoms with van der Waals surface area (Å²) in [5.74, 6) is -0.607. The number of nitrogens with one attached hydrogen (secondary N) is 1. The van der Waals surface area contributed by atoms with Crippen molar-refractivity contribution >= 4 is 5.91 Å². The molecule has 0 atom stereocenters. The average molecular weight is 380 g/mol. The highest BCUT2D eigenvalue weighted by Crippen LogP contribution is 2.25. The second kappa shape index (κ2) is 8.35. The van der Waals surface area contributed by atoms with E-state index in [1.807, 2.05) is 51.0 Å². The Bertz CT molecular complexity index is 994. The highest BCUT2D eigenvalue weighted by molar-refractivity contribution is 5.94. The Balaban J connectivity index is 2.05. The molecule has 3 rings (SSSR count). The SMILES string of the molecule is Cc1ccc(-n2nc(-c3ccccc3F)cc2C(=O)NCCN(C)C)c(C)c1. The van der Waals surface area contributed by atoms with Gasteiger partial charge in [0.05, 0.1) is 11.4 Å². The first kappa shape index (κ1) is 19.8. The first-order valence-corrected chi connectivity index (χ1v) is 9.22. The first-order chi connectivity index (χ1) is 13.4. The van der Waals surface area contributed by atoms with Gasteiger partial charge in [0.15, 0.2) is 0 Å². The second-order valence-corrected chi connectivity index (χ2v) is 7.16. The molecule has 0 bridgehead atoms. The molecule has 1 amide bonds. The topological polar surface area (TPSA) is 50.2 Å². The van der Waals surface area contributed by atoms with Gasteiger partial charge in [-0.05, 0) is 57.8 Å². The minimum atomic E-state index is -0.368. The van der Waals surface area contributed by atoms with E-state index in [-0.39, 0.29) is 11.7 Å². The minimum Gasteiger partial charge on any atom is -0.349 e. The van der Waals surface area contributed by atoms with Crippen LogP contribution in [0, 0.1) is 19.7 Å². The number of aromatic nitrogens is 2. The lowest BCUT2D eigenvalue weighted by molar-refractivity contribution is 0.0943. The van der Waals surface area contributed by atoms with E-state index in [1.54, 1.807) is 28.9 Å². The number of carbonyl (C=O) groups is 1. The van der Waals surface area contributed by atoms with Gasteiger partial charge < -0.3 is 10.2 Å². The molecule has 1 heterocycles. The van der Waals surface area contributed by atoms with Gasteiger partial charge in [-0.2, -0.15) is 5.10 Å². The maximum atomic E-state index is 14.3. The van der Waals surface area contributed by atoms with Crippen LogP contribution in [0.1, 0.15) is 21.6 Å². The molecule has 146 valence electrons. The number of hydrogen-bond donors (Lipinski definition) is 1. The molecule has 1 N–H and O–H groups in total. The van der Waals surface area contributed by atoms with Crippen molar-refractivity contribution in [3.63, 3.8) is 0 Å². The van der Waals surface area contributed by atoms with Crippen LogP contribution in [0.2, 0.25) is 0 Å². The van der Waals surface area contributed by atoms with Gasteiger partial charge in [-0.3, -0.25) is 4.79 Å². The summed E-state index contributed by atoms with van der Waals surface area (Å²) in [6.45, 7) is 5.22. The second-order valence-electron chi connectivity index (χ2n) is 7.16. The summed E-state index contributed by atoms with van der Waals surface area (Å²) in [6.07, 6.45) is 0. The molecule has 0 spiro atoms. The lowest BCUT2D eigenvalue weighted by Gasteiger charge is -2.13. The molecule has 1 aromatic heterocycles. The van der Waals surface area contributed by atoms with Crippen LogP contribution in [0.15, 0.2) is 48.5 Å². The van der Waals surface area contributed by atoms with Crippen LogP contribution in [-0.2, 0) is 0 Å². The molecule has 0 fully saturated rings. The fraction of sp³-hybridized carbons (Fsp3) is 0.273. The van der Waals surface area contributed by atoms with E-state index in [0.717, 1.165) is 23.4 Å². The van der Waals surface area contributed by atoms with Crippen molar-refractivity contribution in [3.05, 3.63) is 71.2 Å². The normalized spacial score (nSPS) is 11.1. The summed E-state index contributed by atoms with van der Waals surface area (Å²) in [6, 6.07) is 14.0. The Morgan fingerprint density at radius 2 is 1.89 bits per heavy atom. The van der Waals surface area contributed by atoms with Crippen LogP contribution in [0.4, 0.5) is 4.39 Å². The van der Waals surface area contributed by atoms with Crippen LogP contribution in [-0.4, -0.2) is 47.8 Å². The van der Waals surface area contributed by atoms with Crippen LogP contribution >= 0.6 is 0 Å². The largest absolute Gasteiger partial charge is 0.349 e. The van der Waals surface area contributed by atoms with E-state index in [0.29, 0.717) is 23.5 Å². The number of carbonyl (C=O) groups excluding carboxylic acids is 1. The van der Waals surface area contributed by atoms with E-state index in [2.05, 4.69) is 10.4 Å². The number of nitrogens with zero attached hydrogens (tertiary/aromatic N) is 3. The van der Waals surface area contributed by atoms with E-state index in [9.17, 15) is 9.18 Å². The molecule has 0 radical (unpaired) electrons. The van der Waals surface area contributed by atoms with Crippen molar-refractivity contribution in [1.29, 1.82) is 0 Å². The molecule has 0 aliphatic rings. The number of rotatable bonds is 6. The third-order valence-electron chi connectivity index (χ3n) is 4.52. The number of likely N-dealkylation sites (N-methyl/N-ethyl adjacent to an activating group) is 1. The molecular formula is C22H25FN4O. The van der Waals surface area contributed by atoms with Gasteiger partial charge >= 0.3 is 0 Å². The molecule has 0 saturated carbocycles. The highest BCUT2D eigenvalue weighted by atomic mass is 19.1. The van der Waals surface area contributed by atoms with Gasteiger partial charge in [-0.1, -0.05) is 29.8 Å². The molecule has 5 nitrogen and oxygen atoms in total. The average Bonchev–Trinajstić information content (AvgIpc) is 3.06. The summed E-state index contributed by atoms with van der Waals surface area (Å²) in [7, 11) is 3.89. The molecule has 0 saturated heterocycles. The molecule has 3 aromatic rings. The standard InChI is InChI=1S/C22H25FN4O/c1-15-9-10-20(16(2)13-15)27-21(22(28)24-11-12-26(3)4)14-19(25-27)17-7-5-6-8-18(17)23/h5-10,13-14H,11-12H2,1-4H3,(H,24,28). The lowest BCUT2D eigenvalue weighted by atomic mass is 10.1. The van der Waals surface area contributed by atoms with Crippen LogP contribution < -0.4 is 5.32 Å². The summed E-state index contributed by atoms with van der Waals surface area (Å²) < 4.78 is 15.9. The minimum absolute atomic E-state index is 0.239. The lowest BCUT2D eigenvalue weighted by Crippen LogP contribution is -2.32. The molecular weight excluding hydrogens is 355 g/mol. The predicted octanol–water partition coefficient (Wildman–Crippen LogP) is 3.59. The van der Waals surface area contributed by atoms with Crippen molar-refractivity contribution in [3.8, 4) is 16.9 Å². The van der Waals surface area contributed by atoms with Gasteiger partial charge in [0.1, 0.15) is 11.5 Å². The molecule has 0 aliphatic heterocycles. The predicted molar refractivity (Wildman–Crippen MR) is 109 cm³/mol. The van der Waals surface area contributed by atoms with Crippen molar-refractivity contribution in [2.45, 2.75) is 13.8 Å². The Morgan fingerprint density at radius 3 is 2.57 bits per heavy atom. The zero-order valence-electron chi connectivity index (χ0n) is 16.7. The molecule has 0 aliphatic carbocycles. The smallest absolute Gasteiger partial charge is 0.270 e. The van der Waals surface area contributed by atoms with Crippen molar-refractivity contribution in [2.24, 2.45) is 0 Å². The van der Waals surface area contributed by atoms with E-state index >= 15 is 0 Å². The number of amides is 1. The van der Waals surface area contributed by atoms with Gasteiger partial charge in [0.2, 0.25) is 0 Å². The fourth-order valence-electron chi connectivity index (χ4n) is 3.05. The molecule has 0 unspecified atom stereocenters. The number of aryl methyl sites for hydroxylation is 2. The maximum Gasteiger partial charge on any atom is 0.270 e. The van der Waals surface area contributed by atoms with E-state index in [1.165, 1.54) is 6.07 Å². The molecule has 2 aromatic carbocycles. The molecule has 28 heavy (non-hydrogen) atoms. The summed E-state index contributed by atoms with van der Waals surface area (Å²) in [5.41, 5.74) is 4.09. The number of benzene rings is 2. The third kappa shape index (κ3) is 4.28. The Morgan fingerprint density at radius 1 is 1.14 bits per heavy atom. The van der Waals surface area contributed by atoms with Gasteiger partial charge in [-0.15, -0.1) is 0 Å². The van der Waals surface area contributed by atoms with Crippen molar-refractivity contribution in [2.75, 3.05) is 27.2 Å². The Hall–Kier alpha value is -2.99. The monoisotopic (exact) mass is 380 g/mol. The Labute approximate surface area is 164 Å².